The van der Waals surface area contributed by atoms with Crippen molar-refractivity contribution in [2.45, 2.75) is 46.3 Å². The van der Waals surface area contributed by atoms with E-state index in [4.69, 9.17) is 0 Å². The van der Waals surface area contributed by atoms with Crippen LogP contribution in [0.25, 0.3) is 0 Å². The van der Waals surface area contributed by atoms with E-state index in [0.29, 0.717) is 6.54 Å². The normalized spacial score (nSPS) is 11.9. The Kier molecular flexibility index (Phi) is 5.90. The molecule has 0 radical (unpaired) electrons. The number of nitrogens with one attached hydrogen (secondary N) is 1. The molecule has 0 amide bonds. The maximum atomic E-state index is 13.9. The van der Waals surface area contributed by atoms with Crippen LogP contribution in [0.5, 0.6) is 0 Å². The fraction of sp³-hybridized carbons (Fsp3) is 0.529. The van der Waals surface area contributed by atoms with Gasteiger partial charge >= 0.3 is 0 Å². The van der Waals surface area contributed by atoms with E-state index in [9.17, 15) is 4.39 Å². The summed E-state index contributed by atoms with van der Waals surface area (Å²) in [7, 11) is 1.98. The number of halogens is 1. The first-order valence-electron chi connectivity index (χ1n) is 7.02. The predicted octanol–water partition coefficient (Wildman–Crippen LogP) is 3.72. The zero-order valence-electron chi connectivity index (χ0n) is 13.4. The summed E-state index contributed by atoms with van der Waals surface area (Å²) in [6, 6.07) is 5.35. The van der Waals surface area contributed by atoms with Crippen molar-refractivity contribution >= 4 is 0 Å². The molecule has 0 saturated heterocycles. The molecule has 0 heterocycles. The van der Waals surface area contributed by atoms with Gasteiger partial charge in [0.15, 0.2) is 0 Å². The van der Waals surface area contributed by atoms with Gasteiger partial charge in [-0.1, -0.05) is 24.3 Å². The highest BCUT2D eigenvalue weighted by molar-refractivity contribution is 5.25. The average molecular weight is 278 g/mol. The minimum absolute atomic E-state index is 0.0608. The third kappa shape index (κ3) is 6.31. The summed E-state index contributed by atoms with van der Waals surface area (Å²) in [6.45, 7) is 14.4. The van der Waals surface area contributed by atoms with Gasteiger partial charge in [-0.2, -0.15) is 0 Å². The first kappa shape index (κ1) is 16.9. The van der Waals surface area contributed by atoms with Gasteiger partial charge in [0.25, 0.3) is 0 Å². The third-order valence-corrected chi connectivity index (χ3v) is 2.91. The smallest absolute Gasteiger partial charge is 0.127 e. The zero-order valence-corrected chi connectivity index (χ0v) is 13.4. The second-order valence-corrected chi connectivity index (χ2v) is 6.66. The van der Waals surface area contributed by atoms with Crippen molar-refractivity contribution in [1.29, 1.82) is 0 Å². The Morgan fingerprint density at radius 2 is 2.00 bits per heavy atom. The number of likely N-dealkylation sites (N-methyl/N-ethyl adjacent to an activating group) is 1. The first-order chi connectivity index (χ1) is 9.17. The number of nitrogens with zero attached hydrogens (tertiary/aromatic N) is 1. The van der Waals surface area contributed by atoms with Crippen molar-refractivity contribution in [3.05, 3.63) is 47.3 Å². The lowest BCUT2D eigenvalue weighted by atomic mass is 10.1. The molecule has 20 heavy (non-hydrogen) atoms. The molecule has 0 aliphatic carbocycles. The van der Waals surface area contributed by atoms with Crippen LogP contribution in [0, 0.1) is 5.82 Å². The lowest BCUT2D eigenvalue weighted by molar-refractivity contribution is 0.348. The molecule has 0 spiro atoms. The summed E-state index contributed by atoms with van der Waals surface area (Å²) >= 11 is 0. The van der Waals surface area contributed by atoms with E-state index >= 15 is 0 Å². The summed E-state index contributed by atoms with van der Waals surface area (Å²) in [5.74, 6) is -0.141. The molecule has 1 rings (SSSR count). The highest BCUT2D eigenvalue weighted by atomic mass is 19.1. The molecular formula is C17H27FN2. The molecule has 2 nitrogen and oxygen atoms in total. The molecule has 0 fully saturated rings. The Balaban J connectivity index is 2.73. The van der Waals surface area contributed by atoms with Crippen molar-refractivity contribution in [2.24, 2.45) is 0 Å². The molecule has 0 saturated carbocycles. The maximum absolute atomic E-state index is 13.9. The van der Waals surface area contributed by atoms with E-state index in [1.807, 2.05) is 26.1 Å². The van der Waals surface area contributed by atoms with E-state index in [1.165, 1.54) is 0 Å². The van der Waals surface area contributed by atoms with Gasteiger partial charge in [-0.05, 0) is 46.4 Å². The Morgan fingerprint density at radius 1 is 1.35 bits per heavy atom. The summed E-state index contributed by atoms with van der Waals surface area (Å²) in [5.41, 5.74) is 2.99. The Morgan fingerprint density at radius 3 is 2.55 bits per heavy atom. The van der Waals surface area contributed by atoms with E-state index in [1.54, 1.807) is 6.07 Å². The minimum atomic E-state index is -0.141. The highest BCUT2D eigenvalue weighted by Gasteiger charge is 2.11. The summed E-state index contributed by atoms with van der Waals surface area (Å²) < 4.78 is 13.9. The molecule has 0 atom stereocenters. The number of hydrogen-bond acceptors (Lipinski definition) is 2. The molecule has 0 aliphatic rings. The second-order valence-electron chi connectivity index (χ2n) is 6.66. The fourth-order valence-corrected chi connectivity index (χ4v) is 2.03. The van der Waals surface area contributed by atoms with Crippen LogP contribution >= 0.6 is 0 Å². The molecule has 1 N–H and O–H groups in total. The van der Waals surface area contributed by atoms with E-state index < -0.39 is 0 Å². The summed E-state index contributed by atoms with van der Waals surface area (Å²) in [5, 5.41) is 3.42. The number of benzene rings is 1. The van der Waals surface area contributed by atoms with Crippen LogP contribution in [-0.4, -0.2) is 24.0 Å². The quantitative estimate of drug-likeness (QED) is 0.798. The molecule has 0 unspecified atom stereocenters. The first-order valence-corrected chi connectivity index (χ1v) is 7.02. The van der Waals surface area contributed by atoms with Crippen LogP contribution in [0.1, 0.15) is 38.8 Å². The molecule has 0 aliphatic heterocycles. The van der Waals surface area contributed by atoms with Crippen LogP contribution in [0.4, 0.5) is 4.39 Å². The van der Waals surface area contributed by atoms with Crippen molar-refractivity contribution in [2.75, 3.05) is 13.6 Å². The lowest BCUT2D eigenvalue weighted by Gasteiger charge is -2.21. The van der Waals surface area contributed by atoms with Crippen molar-refractivity contribution in [1.82, 2.24) is 10.2 Å². The Labute approximate surface area is 122 Å². The van der Waals surface area contributed by atoms with Gasteiger partial charge in [0.2, 0.25) is 0 Å². The van der Waals surface area contributed by atoms with Crippen LogP contribution in [0.3, 0.4) is 0 Å². The van der Waals surface area contributed by atoms with Crippen LogP contribution in [-0.2, 0) is 13.1 Å². The SMILES string of the molecule is C=C(C)CN(C)Cc1cc(CNC(C)(C)C)ccc1F. The third-order valence-electron chi connectivity index (χ3n) is 2.91. The van der Waals surface area contributed by atoms with Crippen molar-refractivity contribution in [3.8, 4) is 0 Å². The molecule has 3 heteroatoms. The number of hydrogen-bond donors (Lipinski definition) is 1. The van der Waals surface area contributed by atoms with Crippen LogP contribution in [0.2, 0.25) is 0 Å². The lowest BCUT2D eigenvalue weighted by Crippen LogP contribution is -2.35. The maximum Gasteiger partial charge on any atom is 0.127 e. The zero-order chi connectivity index (χ0) is 15.3. The summed E-state index contributed by atoms with van der Waals surface area (Å²) in [4.78, 5) is 2.07. The molecule has 112 valence electrons. The molecule has 1 aromatic carbocycles. The minimum Gasteiger partial charge on any atom is -0.308 e. The van der Waals surface area contributed by atoms with E-state index in [-0.39, 0.29) is 11.4 Å². The Bertz CT molecular complexity index is 461. The second kappa shape index (κ2) is 7.00. The predicted molar refractivity (Wildman–Crippen MR) is 84.1 cm³/mol. The fourth-order valence-electron chi connectivity index (χ4n) is 2.03. The topological polar surface area (TPSA) is 15.3 Å². The van der Waals surface area contributed by atoms with Gasteiger partial charge < -0.3 is 5.32 Å². The van der Waals surface area contributed by atoms with E-state index in [2.05, 4.69) is 37.6 Å². The average Bonchev–Trinajstić information content (AvgIpc) is 2.28. The van der Waals surface area contributed by atoms with Crippen LogP contribution in [0.15, 0.2) is 30.4 Å². The van der Waals surface area contributed by atoms with Crippen LogP contribution < -0.4 is 5.32 Å². The molecular weight excluding hydrogens is 251 g/mol. The van der Waals surface area contributed by atoms with Crippen molar-refractivity contribution in [3.63, 3.8) is 0 Å². The van der Waals surface area contributed by atoms with Gasteiger partial charge in [-0.25, -0.2) is 4.39 Å². The van der Waals surface area contributed by atoms with Gasteiger partial charge in [0, 0.05) is 30.7 Å². The summed E-state index contributed by atoms with van der Waals surface area (Å²) in [6.07, 6.45) is 0. The molecule has 0 aromatic heterocycles. The standard InChI is InChI=1S/C17H27FN2/c1-13(2)11-20(6)12-15-9-14(7-8-16(15)18)10-19-17(3,4)5/h7-9,19H,1,10-12H2,2-6H3. The monoisotopic (exact) mass is 278 g/mol. The largest absolute Gasteiger partial charge is 0.308 e. The van der Waals surface area contributed by atoms with Crippen molar-refractivity contribution < 1.29 is 4.39 Å². The van der Waals surface area contributed by atoms with Gasteiger partial charge in [0.05, 0.1) is 0 Å². The molecule has 1 aromatic rings. The highest BCUT2D eigenvalue weighted by Crippen LogP contribution is 2.14. The van der Waals surface area contributed by atoms with Gasteiger partial charge in [-0.3, -0.25) is 4.90 Å². The molecule has 0 bridgehead atoms. The number of rotatable bonds is 6. The Hall–Kier alpha value is -1.19. The van der Waals surface area contributed by atoms with E-state index in [0.717, 1.165) is 29.8 Å². The van der Waals surface area contributed by atoms with Gasteiger partial charge in [-0.15, -0.1) is 0 Å². The van der Waals surface area contributed by atoms with Gasteiger partial charge in [0.1, 0.15) is 5.82 Å².